The Morgan fingerprint density at radius 2 is 1.58 bits per heavy atom. The molecule has 0 aromatic rings. The van der Waals surface area contributed by atoms with Crippen molar-refractivity contribution < 1.29 is 37.1 Å². The fourth-order valence-corrected chi connectivity index (χ4v) is 2.88. The van der Waals surface area contributed by atoms with E-state index in [1.165, 1.54) is 27.7 Å². The number of alkyl halides is 3. The van der Waals surface area contributed by atoms with E-state index in [1.54, 1.807) is 0 Å². The highest BCUT2D eigenvalue weighted by molar-refractivity contribution is 6.01. The lowest BCUT2D eigenvalue weighted by atomic mass is 9.84. The number of carbonyl (C=O) groups is 2. The van der Waals surface area contributed by atoms with Gasteiger partial charge in [0.2, 0.25) is 11.4 Å². The number of halogens is 3. The van der Waals surface area contributed by atoms with Crippen molar-refractivity contribution in [3.8, 4) is 0 Å². The van der Waals surface area contributed by atoms with Crippen molar-refractivity contribution in [1.29, 1.82) is 0 Å². The molecule has 2 rings (SSSR count). The number of carbonyl (C=O) groups excluding carboxylic acids is 2. The minimum absolute atomic E-state index is 0.582. The lowest BCUT2D eigenvalue weighted by Gasteiger charge is -2.38. The first-order chi connectivity index (χ1) is 10.8. The van der Waals surface area contributed by atoms with E-state index in [-0.39, 0.29) is 0 Å². The van der Waals surface area contributed by atoms with Crippen LogP contribution in [0.3, 0.4) is 0 Å². The first-order valence-electron chi connectivity index (χ1n) is 7.03. The molecule has 1 unspecified atom stereocenters. The van der Waals surface area contributed by atoms with Crippen LogP contribution >= 0.6 is 0 Å². The molecule has 2 heterocycles. The molecule has 0 saturated carbocycles. The van der Waals surface area contributed by atoms with Crippen LogP contribution in [-0.4, -0.2) is 54.1 Å². The van der Waals surface area contributed by atoms with Crippen molar-refractivity contribution in [2.45, 2.75) is 50.6 Å². The normalized spacial score (nSPS) is 28.4. The van der Waals surface area contributed by atoms with Gasteiger partial charge >= 0.3 is 18.1 Å². The number of hydrogen-bond acceptors (Lipinski definition) is 7. The summed E-state index contributed by atoms with van der Waals surface area (Å²) in [5.74, 6) is -3.39. The molecule has 0 bridgehead atoms. The summed E-state index contributed by atoms with van der Waals surface area (Å²) in [4.78, 5) is 29.2. The lowest BCUT2D eigenvalue weighted by Crippen LogP contribution is -2.63. The molecule has 2 aliphatic rings. The second-order valence-corrected chi connectivity index (χ2v) is 6.59. The standard InChI is InChI=1S/C14H19F3N2O5/c1-11(2)12(3,4)19-13(18-11,14(15,16)17)7(9(20)22-5)8(24-19)10(21)23-6/h18H,1-6H3. The molecule has 1 saturated heterocycles. The van der Waals surface area contributed by atoms with E-state index in [1.807, 2.05) is 0 Å². The first kappa shape index (κ1) is 18.5. The predicted octanol–water partition coefficient (Wildman–Crippen LogP) is 1.25. The Labute approximate surface area is 136 Å². The van der Waals surface area contributed by atoms with Crippen molar-refractivity contribution in [2.24, 2.45) is 0 Å². The number of hydrogen-bond donors (Lipinski definition) is 1. The van der Waals surface area contributed by atoms with Crippen LogP contribution in [0.25, 0.3) is 0 Å². The summed E-state index contributed by atoms with van der Waals surface area (Å²) >= 11 is 0. The highest BCUT2D eigenvalue weighted by atomic mass is 19.4. The highest BCUT2D eigenvalue weighted by Crippen LogP contribution is 2.56. The molecule has 1 atom stereocenters. The fourth-order valence-electron chi connectivity index (χ4n) is 2.88. The molecule has 10 heteroatoms. The maximum absolute atomic E-state index is 14.1. The average Bonchev–Trinajstić information content (AvgIpc) is 2.87. The largest absolute Gasteiger partial charge is 0.465 e. The van der Waals surface area contributed by atoms with Crippen molar-refractivity contribution in [3.05, 3.63) is 11.3 Å². The summed E-state index contributed by atoms with van der Waals surface area (Å²) in [5.41, 5.74) is -6.37. The van der Waals surface area contributed by atoms with Gasteiger partial charge in [-0.2, -0.15) is 13.2 Å². The van der Waals surface area contributed by atoms with E-state index >= 15 is 0 Å². The number of methoxy groups -OCH3 is 2. The van der Waals surface area contributed by atoms with E-state index in [4.69, 9.17) is 4.84 Å². The Kier molecular flexibility index (Phi) is 3.93. The minimum Gasteiger partial charge on any atom is -0.465 e. The maximum atomic E-state index is 14.1. The molecule has 0 aromatic heterocycles. The summed E-state index contributed by atoms with van der Waals surface area (Å²) in [7, 11) is 1.89. The van der Waals surface area contributed by atoms with Crippen LogP contribution in [0, 0.1) is 0 Å². The summed E-state index contributed by atoms with van der Waals surface area (Å²) in [6, 6.07) is 0. The molecule has 1 N–H and O–H groups in total. The Bertz CT molecular complexity index is 626. The monoisotopic (exact) mass is 352 g/mol. The van der Waals surface area contributed by atoms with Crippen molar-refractivity contribution in [1.82, 2.24) is 10.4 Å². The molecule has 1 fully saturated rings. The van der Waals surface area contributed by atoms with Crippen LogP contribution in [0.5, 0.6) is 0 Å². The number of rotatable bonds is 2. The molecule has 0 radical (unpaired) electrons. The smallest absolute Gasteiger partial charge is 0.428 e. The zero-order chi connectivity index (χ0) is 18.7. The van der Waals surface area contributed by atoms with Crippen molar-refractivity contribution >= 4 is 11.9 Å². The Balaban J connectivity index is 2.82. The van der Waals surface area contributed by atoms with Gasteiger partial charge in [-0.25, -0.2) is 9.59 Å². The van der Waals surface area contributed by atoms with Gasteiger partial charge in [0, 0.05) is 5.54 Å². The molecule has 2 aliphatic heterocycles. The molecule has 0 aliphatic carbocycles. The van der Waals surface area contributed by atoms with Crippen LogP contribution in [0.4, 0.5) is 13.2 Å². The van der Waals surface area contributed by atoms with E-state index in [0.717, 1.165) is 14.2 Å². The minimum atomic E-state index is -4.99. The van der Waals surface area contributed by atoms with E-state index in [0.29, 0.717) is 5.06 Å². The van der Waals surface area contributed by atoms with Crippen LogP contribution < -0.4 is 5.32 Å². The summed E-state index contributed by atoms with van der Waals surface area (Å²) in [6.07, 6.45) is -4.99. The summed E-state index contributed by atoms with van der Waals surface area (Å²) in [6.45, 7) is 6.08. The molecular formula is C14H19F3N2O5. The van der Waals surface area contributed by atoms with E-state index < -0.39 is 46.2 Å². The number of hydroxylamine groups is 2. The van der Waals surface area contributed by atoms with E-state index in [9.17, 15) is 22.8 Å². The Hall–Kier alpha value is -1.81. The zero-order valence-electron chi connectivity index (χ0n) is 14.1. The molecule has 7 nitrogen and oxygen atoms in total. The third-order valence-electron chi connectivity index (χ3n) is 4.78. The van der Waals surface area contributed by atoms with Gasteiger partial charge in [-0.1, -0.05) is 0 Å². The highest BCUT2D eigenvalue weighted by Gasteiger charge is 2.79. The van der Waals surface area contributed by atoms with Gasteiger partial charge in [-0.05, 0) is 27.7 Å². The molecule has 0 aromatic carbocycles. The molecule has 0 amide bonds. The third kappa shape index (κ3) is 2.05. The van der Waals surface area contributed by atoms with Gasteiger partial charge < -0.3 is 14.3 Å². The number of esters is 2. The van der Waals surface area contributed by atoms with Crippen LogP contribution in [0.2, 0.25) is 0 Å². The molecule has 24 heavy (non-hydrogen) atoms. The predicted molar refractivity (Wildman–Crippen MR) is 74.1 cm³/mol. The van der Waals surface area contributed by atoms with Gasteiger partial charge in [0.25, 0.3) is 0 Å². The second kappa shape index (κ2) is 5.09. The summed E-state index contributed by atoms with van der Waals surface area (Å²) in [5, 5.41) is 3.00. The summed E-state index contributed by atoms with van der Waals surface area (Å²) < 4.78 is 51.2. The zero-order valence-corrected chi connectivity index (χ0v) is 14.1. The van der Waals surface area contributed by atoms with Crippen LogP contribution in [0.1, 0.15) is 27.7 Å². The van der Waals surface area contributed by atoms with Gasteiger partial charge in [-0.3, -0.25) is 5.32 Å². The Morgan fingerprint density at radius 3 is 2.00 bits per heavy atom. The first-order valence-corrected chi connectivity index (χ1v) is 7.03. The fraction of sp³-hybridized carbons (Fsp3) is 0.714. The number of nitrogens with one attached hydrogen (secondary N) is 1. The maximum Gasteiger partial charge on any atom is 0.428 e. The molecular weight excluding hydrogens is 333 g/mol. The third-order valence-corrected chi connectivity index (χ3v) is 4.78. The average molecular weight is 352 g/mol. The molecule has 0 spiro atoms. The van der Waals surface area contributed by atoms with Gasteiger partial charge in [0.1, 0.15) is 5.57 Å². The number of fused-ring (bicyclic) bond motifs is 1. The van der Waals surface area contributed by atoms with Crippen molar-refractivity contribution in [3.63, 3.8) is 0 Å². The number of ether oxygens (including phenoxy) is 2. The number of nitrogens with zero attached hydrogens (tertiary/aromatic N) is 1. The topological polar surface area (TPSA) is 77.1 Å². The SMILES string of the molecule is COC(=O)C1=C(C(=O)OC)C2(C(F)(F)F)NC(C)(C)C(C)(C)N2O1. The van der Waals surface area contributed by atoms with Crippen LogP contribution in [-0.2, 0) is 23.9 Å². The van der Waals surface area contributed by atoms with Gasteiger partial charge in [-0.15, -0.1) is 5.06 Å². The van der Waals surface area contributed by atoms with Crippen LogP contribution in [0.15, 0.2) is 11.3 Å². The lowest BCUT2D eigenvalue weighted by molar-refractivity contribution is -0.291. The van der Waals surface area contributed by atoms with Crippen molar-refractivity contribution in [2.75, 3.05) is 14.2 Å². The quantitative estimate of drug-likeness (QED) is 0.750. The second-order valence-electron chi connectivity index (χ2n) is 6.59. The molecule has 136 valence electrons. The Morgan fingerprint density at radius 1 is 1.08 bits per heavy atom. The van der Waals surface area contributed by atoms with Gasteiger partial charge in [0.05, 0.1) is 19.8 Å². The van der Waals surface area contributed by atoms with Gasteiger partial charge in [0.15, 0.2) is 0 Å². The van der Waals surface area contributed by atoms with E-state index in [2.05, 4.69) is 14.8 Å².